The largest absolute Gasteiger partial charge is 0.396 e. The zero-order chi connectivity index (χ0) is 14.2. The van der Waals surface area contributed by atoms with Gasteiger partial charge in [-0.15, -0.1) is 0 Å². The highest BCUT2D eigenvalue weighted by atomic mass is 32.2. The normalized spacial score (nSPS) is 20.4. The van der Waals surface area contributed by atoms with Crippen molar-refractivity contribution in [3.63, 3.8) is 0 Å². The Morgan fingerprint density at radius 1 is 1.45 bits per heavy atom. The van der Waals surface area contributed by atoms with Crippen molar-refractivity contribution in [3.8, 4) is 0 Å². The van der Waals surface area contributed by atoms with Gasteiger partial charge in [0.25, 0.3) is 0 Å². The molecule has 3 rings (SSSR count). The molecule has 1 aromatic heterocycles. The van der Waals surface area contributed by atoms with Crippen LogP contribution in [-0.2, 0) is 6.42 Å². The van der Waals surface area contributed by atoms with E-state index in [1.165, 1.54) is 11.9 Å². The van der Waals surface area contributed by atoms with Gasteiger partial charge in [0.2, 0.25) is 0 Å². The molecule has 0 amide bonds. The first-order valence-corrected chi connectivity index (χ1v) is 8.18. The van der Waals surface area contributed by atoms with Crippen molar-refractivity contribution >= 4 is 23.2 Å². The van der Waals surface area contributed by atoms with E-state index in [0.29, 0.717) is 5.82 Å². The minimum Gasteiger partial charge on any atom is -0.396 e. The van der Waals surface area contributed by atoms with Gasteiger partial charge in [0, 0.05) is 36.4 Å². The second-order valence-corrected chi connectivity index (χ2v) is 6.62. The Morgan fingerprint density at radius 2 is 2.25 bits per heavy atom. The van der Waals surface area contributed by atoms with E-state index >= 15 is 0 Å². The number of aromatic nitrogens is 2. The highest BCUT2D eigenvalue weighted by Gasteiger charge is 2.42. The maximum atomic E-state index is 9.55. The maximum absolute atomic E-state index is 9.55. The summed E-state index contributed by atoms with van der Waals surface area (Å²) in [6.07, 6.45) is 6.66. The number of hydrogen-bond acceptors (Lipinski definition) is 6. The number of fused-ring (bicyclic) bond motifs is 1. The van der Waals surface area contributed by atoms with Gasteiger partial charge < -0.3 is 10.8 Å². The summed E-state index contributed by atoms with van der Waals surface area (Å²) < 4.78 is 0. The van der Waals surface area contributed by atoms with Crippen LogP contribution in [0.2, 0.25) is 0 Å². The molecule has 3 N–H and O–H groups in total. The molecule has 0 atom stereocenters. The number of likely N-dealkylation sites (tertiary alicyclic amines) is 1. The number of nitrogens with two attached hydrogens (primary N) is 1. The molecule has 0 saturated carbocycles. The molecule has 0 unspecified atom stereocenters. The van der Waals surface area contributed by atoms with Crippen LogP contribution in [0.15, 0.2) is 12.4 Å². The Balaban J connectivity index is 1.64. The number of aliphatic hydroxyl groups is 1. The van der Waals surface area contributed by atoms with Gasteiger partial charge in [0.05, 0.1) is 12.3 Å². The van der Waals surface area contributed by atoms with E-state index in [4.69, 9.17) is 5.73 Å². The van der Waals surface area contributed by atoms with Crippen LogP contribution in [-0.4, -0.2) is 58.2 Å². The smallest absolute Gasteiger partial charge is 0.130 e. The maximum Gasteiger partial charge on any atom is 0.130 e. The minimum absolute atomic E-state index is 0.0894. The number of hydrogen-bond donors (Lipinski definition) is 2. The molecule has 0 aromatic carbocycles. The van der Waals surface area contributed by atoms with E-state index in [-0.39, 0.29) is 12.0 Å². The summed E-state index contributed by atoms with van der Waals surface area (Å²) in [5.74, 6) is 1.61. The first kappa shape index (κ1) is 13.9. The molecule has 6 heteroatoms. The second kappa shape index (κ2) is 5.35. The summed E-state index contributed by atoms with van der Waals surface area (Å²) in [5.41, 5.74) is 9.27. The Bertz CT molecular complexity index is 540. The number of aliphatic hydroxyl groups excluding tert-OH is 1. The van der Waals surface area contributed by atoms with Crippen molar-refractivity contribution in [3.05, 3.63) is 23.7 Å². The lowest BCUT2D eigenvalue weighted by molar-refractivity contribution is -0.0142. The SMILES string of the molecule is CSCC1(CO)CN(CC2=CCc3c(N)ncnc32)C1. The monoisotopic (exact) mass is 292 g/mol. The van der Waals surface area contributed by atoms with Gasteiger partial charge >= 0.3 is 0 Å². The molecule has 1 fully saturated rings. The molecule has 5 nitrogen and oxygen atoms in total. The summed E-state index contributed by atoms with van der Waals surface area (Å²) in [5, 5.41) is 9.55. The molecule has 0 spiro atoms. The Morgan fingerprint density at radius 3 is 2.95 bits per heavy atom. The fourth-order valence-electron chi connectivity index (χ4n) is 3.16. The van der Waals surface area contributed by atoms with Crippen LogP contribution in [0, 0.1) is 5.41 Å². The van der Waals surface area contributed by atoms with Crippen molar-refractivity contribution in [1.29, 1.82) is 0 Å². The number of anilines is 1. The summed E-state index contributed by atoms with van der Waals surface area (Å²) in [4.78, 5) is 10.8. The number of thioether (sulfide) groups is 1. The lowest BCUT2D eigenvalue weighted by Crippen LogP contribution is -2.59. The molecule has 0 radical (unpaired) electrons. The summed E-state index contributed by atoms with van der Waals surface area (Å²) in [6, 6.07) is 0. The predicted octanol–water partition coefficient (Wildman–Crippen LogP) is 0.656. The van der Waals surface area contributed by atoms with E-state index < -0.39 is 0 Å². The Hall–Kier alpha value is -1.11. The van der Waals surface area contributed by atoms with Crippen molar-refractivity contribution in [2.75, 3.05) is 44.0 Å². The van der Waals surface area contributed by atoms with Crippen LogP contribution in [0.1, 0.15) is 11.3 Å². The fraction of sp³-hybridized carbons (Fsp3) is 0.571. The first-order valence-electron chi connectivity index (χ1n) is 6.78. The average Bonchev–Trinajstić information content (AvgIpc) is 2.81. The van der Waals surface area contributed by atoms with Crippen LogP contribution >= 0.6 is 11.8 Å². The summed E-state index contributed by atoms with van der Waals surface area (Å²) in [7, 11) is 0. The third-order valence-electron chi connectivity index (χ3n) is 4.13. The van der Waals surface area contributed by atoms with Gasteiger partial charge in [-0.25, -0.2) is 9.97 Å². The third kappa shape index (κ3) is 2.32. The number of nitrogen functional groups attached to an aromatic ring is 1. The topological polar surface area (TPSA) is 75.3 Å². The first-order chi connectivity index (χ1) is 9.67. The number of nitrogens with zero attached hydrogens (tertiary/aromatic N) is 3. The fourth-order valence-corrected chi connectivity index (χ4v) is 4.05. The van der Waals surface area contributed by atoms with E-state index in [0.717, 1.165) is 43.1 Å². The second-order valence-electron chi connectivity index (χ2n) is 5.76. The van der Waals surface area contributed by atoms with Gasteiger partial charge in [0.1, 0.15) is 12.1 Å². The third-order valence-corrected chi connectivity index (χ3v) is 5.03. The molecule has 1 saturated heterocycles. The van der Waals surface area contributed by atoms with E-state index in [2.05, 4.69) is 27.2 Å². The molecule has 0 bridgehead atoms. The molecule has 108 valence electrons. The number of allylic oxidation sites excluding steroid dienone is 1. The van der Waals surface area contributed by atoms with Crippen molar-refractivity contribution in [2.24, 2.45) is 5.41 Å². The van der Waals surface area contributed by atoms with Crippen LogP contribution in [0.4, 0.5) is 5.82 Å². The molecular weight excluding hydrogens is 272 g/mol. The molecular formula is C14H20N4OS. The zero-order valence-corrected chi connectivity index (χ0v) is 12.5. The zero-order valence-electron chi connectivity index (χ0n) is 11.7. The van der Waals surface area contributed by atoms with Crippen molar-refractivity contribution in [1.82, 2.24) is 14.9 Å². The van der Waals surface area contributed by atoms with Crippen LogP contribution in [0.5, 0.6) is 0 Å². The van der Waals surface area contributed by atoms with Gasteiger partial charge in [0.15, 0.2) is 0 Å². The van der Waals surface area contributed by atoms with Crippen LogP contribution in [0.25, 0.3) is 5.57 Å². The highest BCUT2D eigenvalue weighted by Crippen LogP contribution is 2.36. The lowest BCUT2D eigenvalue weighted by atomic mass is 9.82. The number of rotatable bonds is 5. The molecule has 1 aromatic rings. The van der Waals surface area contributed by atoms with E-state index in [1.54, 1.807) is 11.8 Å². The van der Waals surface area contributed by atoms with Gasteiger partial charge in [-0.2, -0.15) is 11.8 Å². The Labute approximate surface area is 123 Å². The van der Waals surface area contributed by atoms with Crippen molar-refractivity contribution < 1.29 is 5.11 Å². The van der Waals surface area contributed by atoms with Gasteiger partial charge in [-0.05, 0) is 18.2 Å². The standard InChI is InChI=1S/C14H20N4OS/c1-20-8-14(7-19)5-18(6-14)4-10-2-3-11-12(10)16-9-17-13(11)15/h2,9,19H,3-8H2,1H3,(H2,15,16,17). The van der Waals surface area contributed by atoms with Crippen LogP contribution < -0.4 is 5.73 Å². The van der Waals surface area contributed by atoms with E-state index in [1.807, 2.05) is 0 Å². The average molecular weight is 292 g/mol. The van der Waals surface area contributed by atoms with Gasteiger partial charge in [-0.3, -0.25) is 4.90 Å². The highest BCUT2D eigenvalue weighted by molar-refractivity contribution is 7.98. The quantitative estimate of drug-likeness (QED) is 0.830. The van der Waals surface area contributed by atoms with Gasteiger partial charge in [-0.1, -0.05) is 6.08 Å². The van der Waals surface area contributed by atoms with Crippen molar-refractivity contribution in [2.45, 2.75) is 6.42 Å². The molecule has 1 aliphatic carbocycles. The minimum atomic E-state index is 0.0894. The molecule has 2 heterocycles. The van der Waals surface area contributed by atoms with Crippen LogP contribution in [0.3, 0.4) is 0 Å². The Kier molecular flexibility index (Phi) is 3.70. The summed E-state index contributed by atoms with van der Waals surface area (Å²) in [6.45, 7) is 3.07. The molecule has 2 aliphatic rings. The predicted molar refractivity (Wildman–Crippen MR) is 82.5 cm³/mol. The summed E-state index contributed by atoms with van der Waals surface area (Å²) >= 11 is 1.81. The lowest BCUT2D eigenvalue weighted by Gasteiger charge is -2.49. The molecule has 1 aliphatic heterocycles. The van der Waals surface area contributed by atoms with E-state index in [9.17, 15) is 5.11 Å². The molecule has 20 heavy (non-hydrogen) atoms.